The zero-order valence-corrected chi connectivity index (χ0v) is 12.5. The molecule has 0 saturated carbocycles. The van der Waals surface area contributed by atoms with Crippen molar-refractivity contribution in [3.8, 4) is 0 Å². The van der Waals surface area contributed by atoms with Crippen molar-refractivity contribution in [1.82, 2.24) is 0 Å². The van der Waals surface area contributed by atoms with Gasteiger partial charge in [0, 0.05) is 12.3 Å². The molecule has 2 heterocycles. The number of ether oxygens (including phenoxy) is 3. The van der Waals surface area contributed by atoms with Crippen molar-refractivity contribution in [2.24, 2.45) is 11.8 Å². The van der Waals surface area contributed by atoms with Crippen LogP contribution in [0, 0.1) is 11.8 Å². The average Bonchev–Trinajstić information content (AvgIpc) is 2.56. The molecule has 0 aromatic rings. The highest BCUT2D eigenvalue weighted by molar-refractivity contribution is 5.50. The fraction of sp³-hybridized carbons (Fsp3) is 0.667. The number of aliphatic hydroxyl groups excluding tert-OH is 4. The highest BCUT2D eigenvalue weighted by Crippen LogP contribution is 2.31. The van der Waals surface area contributed by atoms with Crippen molar-refractivity contribution in [2.45, 2.75) is 43.4 Å². The first-order valence-electron chi connectivity index (χ1n) is 7.37. The second-order valence-corrected chi connectivity index (χ2v) is 5.55. The minimum atomic E-state index is -1.53. The van der Waals surface area contributed by atoms with Gasteiger partial charge in [0.25, 0.3) is 0 Å². The SMILES string of the molecule is C=C[C@H]1[C@H](O[C@@H]2O[C@H](CO)[C@@H](O)[C@H](O)[C@H]2O)OC=C[C@H]1CC=O. The van der Waals surface area contributed by atoms with E-state index < -0.39 is 43.6 Å². The van der Waals surface area contributed by atoms with E-state index >= 15 is 0 Å². The predicted octanol–water partition coefficient (Wildman–Crippen LogP) is -1.32. The van der Waals surface area contributed by atoms with E-state index in [1.165, 1.54) is 6.26 Å². The molecule has 0 aliphatic carbocycles. The molecule has 2 aliphatic rings. The number of hydrogen-bond donors (Lipinski definition) is 4. The van der Waals surface area contributed by atoms with Crippen LogP contribution in [-0.2, 0) is 19.0 Å². The molecule has 8 nitrogen and oxygen atoms in total. The maximum absolute atomic E-state index is 10.7. The minimum absolute atomic E-state index is 0.173. The van der Waals surface area contributed by atoms with Gasteiger partial charge in [0.15, 0.2) is 6.29 Å². The first-order valence-corrected chi connectivity index (χ1v) is 7.37. The molecule has 2 aliphatic heterocycles. The third-order valence-corrected chi connectivity index (χ3v) is 4.10. The van der Waals surface area contributed by atoms with Gasteiger partial charge in [-0.2, -0.15) is 0 Å². The van der Waals surface area contributed by atoms with Crippen LogP contribution in [0.15, 0.2) is 25.0 Å². The number of hydrogen-bond acceptors (Lipinski definition) is 8. The molecule has 0 aromatic heterocycles. The Morgan fingerprint density at radius 2 is 1.91 bits per heavy atom. The molecule has 130 valence electrons. The Hall–Kier alpha value is -1.29. The van der Waals surface area contributed by atoms with E-state index in [0.717, 1.165) is 6.29 Å². The van der Waals surface area contributed by atoms with Crippen LogP contribution in [0.3, 0.4) is 0 Å². The molecule has 4 N–H and O–H groups in total. The van der Waals surface area contributed by atoms with E-state index in [0.29, 0.717) is 0 Å². The van der Waals surface area contributed by atoms with E-state index in [2.05, 4.69) is 6.58 Å². The largest absolute Gasteiger partial charge is 0.472 e. The third kappa shape index (κ3) is 3.79. The topological polar surface area (TPSA) is 126 Å². The number of aldehydes is 1. The quantitative estimate of drug-likeness (QED) is 0.349. The summed E-state index contributed by atoms with van der Waals surface area (Å²) in [6.45, 7) is 3.15. The van der Waals surface area contributed by atoms with Gasteiger partial charge in [0.1, 0.15) is 30.7 Å². The van der Waals surface area contributed by atoms with Crippen LogP contribution in [0.5, 0.6) is 0 Å². The van der Waals surface area contributed by atoms with Crippen LogP contribution >= 0.6 is 0 Å². The van der Waals surface area contributed by atoms with Gasteiger partial charge >= 0.3 is 0 Å². The lowest BCUT2D eigenvalue weighted by molar-refractivity contribution is -0.339. The third-order valence-electron chi connectivity index (χ3n) is 4.10. The predicted molar refractivity (Wildman–Crippen MR) is 76.7 cm³/mol. The summed E-state index contributed by atoms with van der Waals surface area (Å²) in [5.41, 5.74) is 0. The van der Waals surface area contributed by atoms with Crippen molar-refractivity contribution in [3.05, 3.63) is 25.0 Å². The monoisotopic (exact) mass is 330 g/mol. The van der Waals surface area contributed by atoms with E-state index in [-0.39, 0.29) is 18.3 Å². The second kappa shape index (κ2) is 8.00. The summed E-state index contributed by atoms with van der Waals surface area (Å²) in [4.78, 5) is 10.7. The van der Waals surface area contributed by atoms with Gasteiger partial charge in [-0.1, -0.05) is 6.08 Å². The Morgan fingerprint density at radius 1 is 1.17 bits per heavy atom. The Kier molecular flexibility index (Phi) is 6.28. The lowest BCUT2D eigenvalue weighted by Crippen LogP contribution is -2.60. The molecule has 8 atom stereocenters. The Morgan fingerprint density at radius 3 is 2.52 bits per heavy atom. The van der Waals surface area contributed by atoms with E-state index in [1.54, 1.807) is 12.2 Å². The number of rotatable bonds is 6. The van der Waals surface area contributed by atoms with E-state index in [1.807, 2.05) is 0 Å². The zero-order chi connectivity index (χ0) is 17.0. The zero-order valence-electron chi connectivity index (χ0n) is 12.5. The first kappa shape index (κ1) is 18.1. The van der Waals surface area contributed by atoms with Crippen LogP contribution in [0.4, 0.5) is 0 Å². The summed E-state index contributed by atoms with van der Waals surface area (Å²) >= 11 is 0. The van der Waals surface area contributed by atoms with Gasteiger partial charge in [-0.25, -0.2) is 0 Å². The highest BCUT2D eigenvalue weighted by Gasteiger charge is 2.46. The van der Waals surface area contributed by atoms with Gasteiger partial charge < -0.3 is 39.4 Å². The molecule has 0 bridgehead atoms. The van der Waals surface area contributed by atoms with Gasteiger partial charge in [-0.05, 0) is 12.0 Å². The summed E-state index contributed by atoms with van der Waals surface area (Å²) in [6.07, 6.45) is -2.04. The Balaban J connectivity index is 2.08. The molecule has 0 unspecified atom stereocenters. The molecule has 0 spiro atoms. The smallest absolute Gasteiger partial charge is 0.208 e. The van der Waals surface area contributed by atoms with E-state index in [9.17, 15) is 20.1 Å². The van der Waals surface area contributed by atoms with Crippen LogP contribution in [0.2, 0.25) is 0 Å². The van der Waals surface area contributed by atoms with Crippen molar-refractivity contribution < 1.29 is 39.4 Å². The standard InChI is InChI=1S/C15H22O8/c1-2-9-8(3-5-16)4-6-21-14(9)23-15-13(20)12(19)11(18)10(7-17)22-15/h2,4-6,8-15,17-20H,1,3,7H2/t8-,9-,10-,11-,12+,13-,14+,15+/m1/s1. The fourth-order valence-corrected chi connectivity index (χ4v) is 2.71. The maximum Gasteiger partial charge on any atom is 0.208 e. The molecule has 0 amide bonds. The average molecular weight is 330 g/mol. The van der Waals surface area contributed by atoms with Crippen molar-refractivity contribution in [2.75, 3.05) is 6.61 Å². The molecular formula is C15H22O8. The van der Waals surface area contributed by atoms with Crippen LogP contribution in [0.25, 0.3) is 0 Å². The molecule has 0 aromatic carbocycles. The Labute approximate surface area is 133 Å². The molecule has 23 heavy (non-hydrogen) atoms. The van der Waals surface area contributed by atoms with Crippen LogP contribution < -0.4 is 0 Å². The minimum Gasteiger partial charge on any atom is -0.472 e. The summed E-state index contributed by atoms with van der Waals surface area (Å²) in [5, 5.41) is 38.7. The lowest BCUT2D eigenvalue weighted by atomic mass is 9.88. The van der Waals surface area contributed by atoms with Gasteiger partial charge in [0.05, 0.1) is 12.9 Å². The summed E-state index contributed by atoms with van der Waals surface area (Å²) in [6, 6.07) is 0. The van der Waals surface area contributed by atoms with Crippen LogP contribution in [-0.4, -0.2) is 70.3 Å². The number of allylic oxidation sites excluding steroid dienone is 1. The van der Waals surface area contributed by atoms with Gasteiger partial charge in [-0.15, -0.1) is 6.58 Å². The molecular weight excluding hydrogens is 308 g/mol. The maximum atomic E-state index is 10.7. The summed E-state index contributed by atoms with van der Waals surface area (Å²) < 4.78 is 16.2. The summed E-state index contributed by atoms with van der Waals surface area (Å²) in [5.74, 6) is -0.536. The Bertz CT molecular complexity index is 437. The first-order chi connectivity index (χ1) is 11.0. The molecule has 1 saturated heterocycles. The lowest BCUT2D eigenvalue weighted by Gasteiger charge is -2.42. The van der Waals surface area contributed by atoms with Crippen molar-refractivity contribution in [1.29, 1.82) is 0 Å². The number of carbonyl (C=O) groups excluding carboxylic acids is 1. The second-order valence-electron chi connectivity index (χ2n) is 5.55. The highest BCUT2D eigenvalue weighted by atomic mass is 16.8. The number of aliphatic hydroxyl groups is 4. The van der Waals surface area contributed by atoms with Crippen molar-refractivity contribution in [3.63, 3.8) is 0 Å². The number of carbonyl (C=O) groups is 1. The molecule has 8 heteroatoms. The van der Waals surface area contributed by atoms with Crippen LogP contribution in [0.1, 0.15) is 6.42 Å². The van der Waals surface area contributed by atoms with E-state index in [4.69, 9.17) is 19.3 Å². The molecule has 1 fully saturated rings. The van der Waals surface area contributed by atoms with Gasteiger partial charge in [-0.3, -0.25) is 0 Å². The fourth-order valence-electron chi connectivity index (χ4n) is 2.71. The van der Waals surface area contributed by atoms with Crippen molar-refractivity contribution >= 4 is 6.29 Å². The summed E-state index contributed by atoms with van der Waals surface area (Å²) in [7, 11) is 0. The molecule has 0 radical (unpaired) electrons. The normalized spacial score (nSPS) is 43.7. The van der Waals surface area contributed by atoms with Gasteiger partial charge in [0.2, 0.25) is 6.29 Å². The molecule has 2 rings (SSSR count).